The van der Waals surface area contributed by atoms with E-state index in [1.807, 2.05) is 0 Å². The van der Waals surface area contributed by atoms with E-state index in [0.29, 0.717) is 6.04 Å². The average molecular weight is 267 g/mol. The van der Waals surface area contributed by atoms with Gasteiger partial charge in [0.2, 0.25) is 0 Å². The van der Waals surface area contributed by atoms with Gasteiger partial charge in [-0.1, -0.05) is 32.3 Å². The summed E-state index contributed by atoms with van der Waals surface area (Å²) in [5.74, 6) is 0.976. The molecule has 1 N–H and O–H groups in total. The Bertz CT molecular complexity index is 338. The van der Waals surface area contributed by atoms with Crippen LogP contribution in [-0.2, 0) is 13.1 Å². The molecule has 110 valence electrons. The van der Waals surface area contributed by atoms with Gasteiger partial charge >= 0.3 is 0 Å². The Morgan fingerprint density at radius 2 is 2.16 bits per heavy atom. The maximum Gasteiger partial charge on any atom is 0.151 e. The van der Waals surface area contributed by atoms with Crippen molar-refractivity contribution in [3.05, 3.63) is 17.5 Å². The molecule has 0 radical (unpaired) electrons. The van der Waals surface area contributed by atoms with Crippen LogP contribution in [0.15, 0.2) is 10.6 Å². The topological polar surface area (TPSA) is 41.3 Å². The first-order valence-corrected chi connectivity index (χ1v) is 7.60. The highest BCUT2D eigenvalue weighted by molar-refractivity contribution is 5.05. The summed E-state index contributed by atoms with van der Waals surface area (Å²) in [5.41, 5.74) is 0.997. The van der Waals surface area contributed by atoms with Gasteiger partial charge in [-0.25, -0.2) is 0 Å². The largest absolute Gasteiger partial charge is 0.360 e. The van der Waals surface area contributed by atoms with Gasteiger partial charge in [-0.2, -0.15) is 0 Å². The van der Waals surface area contributed by atoms with E-state index < -0.39 is 0 Å². The van der Waals surface area contributed by atoms with E-state index in [2.05, 4.69) is 49.1 Å². The first-order chi connectivity index (χ1) is 9.21. The quantitative estimate of drug-likeness (QED) is 0.707. The van der Waals surface area contributed by atoms with Gasteiger partial charge in [-0.3, -0.25) is 4.90 Å². The maximum absolute atomic E-state index is 5.44. The Morgan fingerprint density at radius 1 is 1.37 bits per heavy atom. The number of unbranched alkanes of at least 4 members (excludes halogenated alkanes) is 1. The molecule has 0 bridgehead atoms. The summed E-state index contributed by atoms with van der Waals surface area (Å²) in [6.45, 7) is 12.6. The summed E-state index contributed by atoms with van der Waals surface area (Å²) in [6, 6.07) is 2.66. The van der Waals surface area contributed by atoms with Gasteiger partial charge in [0.1, 0.15) is 0 Å². The predicted molar refractivity (Wildman–Crippen MR) is 79.0 cm³/mol. The van der Waals surface area contributed by atoms with Crippen LogP contribution in [-0.4, -0.2) is 29.2 Å². The molecule has 1 aromatic rings. The van der Waals surface area contributed by atoms with Gasteiger partial charge in [0.15, 0.2) is 5.76 Å². The molecule has 4 nitrogen and oxygen atoms in total. The molecule has 0 saturated carbocycles. The van der Waals surface area contributed by atoms with Crippen molar-refractivity contribution >= 4 is 0 Å². The molecule has 1 unspecified atom stereocenters. The third-order valence-electron chi connectivity index (χ3n) is 3.54. The Hall–Kier alpha value is -0.870. The standard InChI is InChI=1S/C15H29N3O/c1-5-8-9-18(13(4)6-2)12-15-10-14(17-19-15)11-16-7-3/h10,13,16H,5-9,11-12H2,1-4H3. The Labute approximate surface area is 117 Å². The minimum Gasteiger partial charge on any atom is -0.360 e. The van der Waals surface area contributed by atoms with Crippen molar-refractivity contribution in [1.29, 1.82) is 0 Å². The first kappa shape index (κ1) is 16.2. The number of nitrogens with one attached hydrogen (secondary N) is 1. The van der Waals surface area contributed by atoms with Crippen LogP contribution in [0.3, 0.4) is 0 Å². The Morgan fingerprint density at radius 3 is 2.79 bits per heavy atom. The summed E-state index contributed by atoms with van der Waals surface area (Å²) >= 11 is 0. The lowest BCUT2D eigenvalue weighted by atomic mass is 10.2. The van der Waals surface area contributed by atoms with Gasteiger partial charge in [0.05, 0.1) is 12.2 Å². The van der Waals surface area contributed by atoms with Crippen molar-refractivity contribution in [2.45, 2.75) is 66.1 Å². The lowest BCUT2D eigenvalue weighted by Crippen LogP contribution is -2.32. The number of aromatic nitrogens is 1. The number of hydrogen-bond donors (Lipinski definition) is 1. The van der Waals surface area contributed by atoms with Gasteiger partial charge in [0.25, 0.3) is 0 Å². The van der Waals surface area contributed by atoms with E-state index in [-0.39, 0.29) is 0 Å². The highest BCUT2D eigenvalue weighted by Gasteiger charge is 2.14. The molecule has 0 fully saturated rings. The molecular formula is C15H29N3O. The van der Waals surface area contributed by atoms with Crippen LogP contribution in [0.1, 0.15) is 58.4 Å². The summed E-state index contributed by atoms with van der Waals surface area (Å²) in [7, 11) is 0. The lowest BCUT2D eigenvalue weighted by molar-refractivity contribution is 0.171. The van der Waals surface area contributed by atoms with E-state index in [9.17, 15) is 0 Å². The molecule has 1 aromatic heterocycles. The van der Waals surface area contributed by atoms with E-state index in [1.54, 1.807) is 0 Å². The zero-order valence-electron chi connectivity index (χ0n) is 12.9. The maximum atomic E-state index is 5.44. The highest BCUT2D eigenvalue weighted by atomic mass is 16.5. The van der Waals surface area contributed by atoms with Gasteiger partial charge < -0.3 is 9.84 Å². The van der Waals surface area contributed by atoms with Crippen LogP contribution >= 0.6 is 0 Å². The van der Waals surface area contributed by atoms with Crippen molar-refractivity contribution in [2.75, 3.05) is 13.1 Å². The normalized spacial score (nSPS) is 13.1. The summed E-state index contributed by atoms with van der Waals surface area (Å²) in [6.07, 6.45) is 3.64. The lowest BCUT2D eigenvalue weighted by Gasteiger charge is -2.27. The molecule has 0 aliphatic rings. The van der Waals surface area contributed by atoms with Crippen molar-refractivity contribution in [3.8, 4) is 0 Å². The monoisotopic (exact) mass is 267 g/mol. The van der Waals surface area contributed by atoms with Gasteiger partial charge in [-0.15, -0.1) is 0 Å². The van der Waals surface area contributed by atoms with Gasteiger partial charge in [-0.05, 0) is 32.9 Å². The second kappa shape index (κ2) is 9.10. The Kier molecular flexibility index (Phi) is 7.75. The number of nitrogens with zero attached hydrogens (tertiary/aromatic N) is 2. The fourth-order valence-corrected chi connectivity index (χ4v) is 2.04. The third kappa shape index (κ3) is 5.74. The molecule has 0 aliphatic carbocycles. The summed E-state index contributed by atoms with van der Waals surface area (Å²) in [5, 5.41) is 7.37. The van der Waals surface area contributed by atoms with Crippen molar-refractivity contribution < 1.29 is 4.52 Å². The molecular weight excluding hydrogens is 238 g/mol. The van der Waals surface area contributed by atoms with Crippen molar-refractivity contribution in [2.24, 2.45) is 0 Å². The summed E-state index contributed by atoms with van der Waals surface area (Å²) < 4.78 is 5.44. The van der Waals surface area contributed by atoms with E-state index in [1.165, 1.54) is 19.3 Å². The van der Waals surface area contributed by atoms with Gasteiger partial charge in [0, 0.05) is 18.7 Å². The molecule has 1 rings (SSSR count). The fraction of sp³-hybridized carbons (Fsp3) is 0.800. The van der Waals surface area contributed by atoms with Crippen molar-refractivity contribution in [3.63, 3.8) is 0 Å². The zero-order valence-corrected chi connectivity index (χ0v) is 12.9. The average Bonchev–Trinajstić information content (AvgIpc) is 2.87. The molecule has 0 spiro atoms. The minimum absolute atomic E-state index is 0.592. The van der Waals surface area contributed by atoms with Crippen molar-refractivity contribution in [1.82, 2.24) is 15.4 Å². The molecule has 0 amide bonds. The predicted octanol–water partition coefficient (Wildman–Crippen LogP) is 3.18. The smallest absolute Gasteiger partial charge is 0.151 e. The van der Waals surface area contributed by atoms with Crippen LogP contribution in [0.5, 0.6) is 0 Å². The van der Waals surface area contributed by atoms with E-state index in [0.717, 1.165) is 37.6 Å². The third-order valence-corrected chi connectivity index (χ3v) is 3.54. The second-order valence-electron chi connectivity index (χ2n) is 5.15. The second-order valence-corrected chi connectivity index (χ2v) is 5.15. The molecule has 0 aromatic carbocycles. The van der Waals surface area contributed by atoms with Crippen LogP contribution in [0.25, 0.3) is 0 Å². The number of rotatable bonds is 10. The first-order valence-electron chi connectivity index (χ1n) is 7.60. The summed E-state index contributed by atoms with van der Waals surface area (Å²) in [4.78, 5) is 2.49. The molecule has 19 heavy (non-hydrogen) atoms. The SMILES string of the molecule is CCCCN(Cc1cc(CNCC)no1)C(C)CC. The van der Waals surface area contributed by atoms with Crippen LogP contribution in [0, 0.1) is 0 Å². The van der Waals surface area contributed by atoms with E-state index in [4.69, 9.17) is 4.52 Å². The molecule has 4 heteroatoms. The zero-order chi connectivity index (χ0) is 14.1. The van der Waals surface area contributed by atoms with Crippen LogP contribution < -0.4 is 5.32 Å². The highest BCUT2D eigenvalue weighted by Crippen LogP contribution is 2.13. The van der Waals surface area contributed by atoms with E-state index >= 15 is 0 Å². The molecule has 1 heterocycles. The minimum atomic E-state index is 0.592. The number of hydrogen-bond acceptors (Lipinski definition) is 4. The van der Waals surface area contributed by atoms with Crippen LogP contribution in [0.2, 0.25) is 0 Å². The molecule has 1 atom stereocenters. The fourth-order valence-electron chi connectivity index (χ4n) is 2.04. The Balaban J connectivity index is 2.54. The molecule has 0 saturated heterocycles. The van der Waals surface area contributed by atoms with Crippen LogP contribution in [0.4, 0.5) is 0 Å². The molecule has 0 aliphatic heterocycles.